The molecule has 0 saturated heterocycles. The van der Waals surface area contributed by atoms with Crippen molar-refractivity contribution in [3.05, 3.63) is 46.4 Å². The van der Waals surface area contributed by atoms with Crippen molar-refractivity contribution in [3.63, 3.8) is 0 Å². The summed E-state index contributed by atoms with van der Waals surface area (Å²) in [6.45, 7) is 5.44. The molecule has 0 radical (unpaired) electrons. The summed E-state index contributed by atoms with van der Waals surface area (Å²) < 4.78 is 0. The third-order valence-corrected chi connectivity index (χ3v) is 2.03. The number of hydrogen-bond donors (Lipinski definition) is 2. The van der Waals surface area contributed by atoms with Crippen LogP contribution in [0.25, 0.3) is 0 Å². The maximum absolute atomic E-state index is 10.6. The van der Waals surface area contributed by atoms with Crippen LogP contribution in [0, 0.1) is 16.5 Å². The third-order valence-electron chi connectivity index (χ3n) is 2.03. The van der Waals surface area contributed by atoms with Gasteiger partial charge >= 0.3 is 0 Å². The number of carbonyl (C=O) groups excluding carboxylic acids is 1. The predicted molar refractivity (Wildman–Crippen MR) is 72.4 cm³/mol. The monoisotopic (exact) mass is 451 g/mol. The van der Waals surface area contributed by atoms with E-state index in [-0.39, 0.29) is 39.2 Å². The largest absolute Gasteiger partial charge is 0.387 e. The van der Waals surface area contributed by atoms with E-state index in [0.29, 0.717) is 5.56 Å². The number of nitrogens with zero attached hydrogens (tertiary/aromatic N) is 1. The van der Waals surface area contributed by atoms with Crippen molar-refractivity contribution < 1.29 is 35.9 Å². The van der Waals surface area contributed by atoms with Crippen molar-refractivity contribution in [2.45, 2.75) is 26.9 Å². The molecule has 0 heterocycles. The topological polar surface area (TPSA) is 92.5 Å². The number of nitro groups is 1. The van der Waals surface area contributed by atoms with Gasteiger partial charge < -0.3 is 16.8 Å². The maximum Gasteiger partial charge on any atom is 0.269 e. The number of aliphatic hydroxyl groups is 1. The van der Waals surface area contributed by atoms with Crippen LogP contribution in [-0.4, -0.2) is 22.5 Å². The molecule has 6 nitrogen and oxygen atoms in total. The first-order valence-corrected chi connectivity index (χ1v) is 5.83. The minimum absolute atomic E-state index is 0. The summed E-state index contributed by atoms with van der Waals surface area (Å²) in [6.07, 6.45) is 1.14. The minimum Gasteiger partial charge on any atom is -0.387 e. The summed E-state index contributed by atoms with van der Waals surface area (Å²) in [6, 6.07) is 5.55. The molecule has 1 amide bonds. The van der Waals surface area contributed by atoms with Crippen LogP contribution in [0.15, 0.2) is 24.3 Å². The van der Waals surface area contributed by atoms with Gasteiger partial charge in [0.15, 0.2) is 0 Å². The Hall–Kier alpha value is -1.26. The Bertz CT molecular complexity index is 409. The van der Waals surface area contributed by atoms with E-state index in [0.717, 1.165) is 0 Å². The van der Waals surface area contributed by atoms with Gasteiger partial charge in [-0.25, -0.2) is 0 Å². The number of nitro benzene ring substituents is 1. The van der Waals surface area contributed by atoms with Crippen LogP contribution >= 0.6 is 0 Å². The van der Waals surface area contributed by atoms with Crippen LogP contribution in [0.4, 0.5) is 5.69 Å². The van der Waals surface area contributed by atoms with Gasteiger partial charge in [0.05, 0.1) is 11.0 Å². The van der Waals surface area contributed by atoms with E-state index >= 15 is 0 Å². The van der Waals surface area contributed by atoms with Gasteiger partial charge in [-0.1, -0.05) is 0 Å². The van der Waals surface area contributed by atoms with Crippen molar-refractivity contribution in [3.8, 4) is 0 Å². The van der Waals surface area contributed by atoms with E-state index in [1.165, 1.54) is 31.2 Å². The fourth-order valence-corrected chi connectivity index (χ4v) is 1.18. The Morgan fingerprint density at radius 3 is 2.20 bits per heavy atom. The first-order valence-electron chi connectivity index (χ1n) is 5.83. The number of nitrogens with one attached hydrogen (secondary N) is 1. The summed E-state index contributed by atoms with van der Waals surface area (Å²) in [7, 11) is 0. The molecule has 0 spiro atoms. The number of amides is 1. The summed E-state index contributed by atoms with van der Waals surface area (Å²) in [5, 5.41) is 22.5. The van der Waals surface area contributed by atoms with Crippen LogP contribution in [0.2, 0.25) is 0 Å². The Balaban J connectivity index is 0. The van der Waals surface area contributed by atoms with E-state index < -0.39 is 11.0 Å². The third kappa shape index (κ3) is 8.77. The molecule has 0 aromatic heterocycles. The molecule has 0 aliphatic heterocycles. The summed E-state index contributed by atoms with van der Waals surface area (Å²) in [5.74, 6) is -0.235. The van der Waals surface area contributed by atoms with Gasteiger partial charge in [-0.15, -0.1) is 0 Å². The Labute approximate surface area is 133 Å². The zero-order valence-corrected chi connectivity index (χ0v) is 14.6. The van der Waals surface area contributed by atoms with Gasteiger partial charge in [0.25, 0.3) is 5.69 Å². The molecule has 0 fully saturated rings. The van der Waals surface area contributed by atoms with E-state index in [9.17, 15) is 20.0 Å². The van der Waals surface area contributed by atoms with Gasteiger partial charge in [-0.3, -0.25) is 14.9 Å². The number of non-ortho nitro benzene ring substituents is 1. The molecule has 1 atom stereocenters. The van der Waals surface area contributed by atoms with Gasteiger partial charge in [0, 0.05) is 46.7 Å². The molecule has 1 unspecified atom stereocenters. The van der Waals surface area contributed by atoms with Crippen LogP contribution in [0.5, 0.6) is 0 Å². The maximum atomic E-state index is 10.6. The molecular weight excluding hydrogens is 432 g/mol. The smallest absolute Gasteiger partial charge is 0.269 e. The average Bonchev–Trinajstić information content (AvgIpc) is 2.37. The summed E-state index contributed by atoms with van der Waals surface area (Å²) in [4.78, 5) is 20.5. The van der Waals surface area contributed by atoms with Crippen LogP contribution in [0.1, 0.15) is 32.4 Å². The standard InChI is InChI=1S/C10H12N2O4.C3H7.W/c1-7(13)11-6-10(14)8-2-4-9(5-3-8)12(15)16;1-3-2;/h2-5,10,14H,6H2,1H3,(H,11,13);3H,1-2H3;/q;-1;. The van der Waals surface area contributed by atoms with Crippen molar-refractivity contribution in [1.82, 2.24) is 5.32 Å². The molecule has 7 heteroatoms. The first kappa shape index (κ1) is 21.0. The second-order valence-corrected chi connectivity index (χ2v) is 3.88. The van der Waals surface area contributed by atoms with E-state index in [1.807, 2.05) is 20.3 Å². The van der Waals surface area contributed by atoms with Crippen molar-refractivity contribution in [2.24, 2.45) is 0 Å². The van der Waals surface area contributed by atoms with Crippen molar-refractivity contribution in [2.75, 3.05) is 6.54 Å². The molecule has 112 valence electrons. The SMILES string of the molecule is CC(=O)NCC(O)c1ccc([N+](=O)[O-])cc1.C[CH-]C.[W]. The molecule has 1 aromatic carbocycles. The zero-order chi connectivity index (χ0) is 14.8. The molecule has 1 aromatic rings. The molecule has 2 N–H and O–H groups in total. The molecule has 0 aliphatic rings. The van der Waals surface area contributed by atoms with E-state index in [4.69, 9.17) is 0 Å². The van der Waals surface area contributed by atoms with Crippen molar-refractivity contribution >= 4 is 11.6 Å². The van der Waals surface area contributed by atoms with Crippen LogP contribution < -0.4 is 5.32 Å². The fraction of sp³-hybridized carbons (Fsp3) is 0.385. The zero-order valence-electron chi connectivity index (χ0n) is 11.7. The Morgan fingerprint density at radius 1 is 1.40 bits per heavy atom. The number of benzene rings is 1. The molecule has 0 aliphatic carbocycles. The fourth-order valence-electron chi connectivity index (χ4n) is 1.18. The van der Waals surface area contributed by atoms with Crippen LogP contribution in [-0.2, 0) is 25.9 Å². The van der Waals surface area contributed by atoms with Crippen molar-refractivity contribution in [1.29, 1.82) is 0 Å². The summed E-state index contributed by atoms with van der Waals surface area (Å²) in [5.41, 5.74) is 0.495. The van der Waals surface area contributed by atoms with Gasteiger partial charge in [0.2, 0.25) is 5.91 Å². The van der Waals surface area contributed by atoms with Gasteiger partial charge in [-0.05, 0) is 17.7 Å². The number of hydrogen-bond acceptors (Lipinski definition) is 4. The quantitative estimate of drug-likeness (QED) is 0.416. The minimum atomic E-state index is -0.857. The Morgan fingerprint density at radius 2 is 1.85 bits per heavy atom. The average molecular weight is 451 g/mol. The molecule has 20 heavy (non-hydrogen) atoms. The predicted octanol–water partition coefficient (Wildman–Crippen LogP) is 1.99. The normalized spacial score (nSPS) is 10.4. The van der Waals surface area contributed by atoms with E-state index in [2.05, 4.69) is 5.32 Å². The summed E-state index contributed by atoms with van der Waals surface area (Å²) >= 11 is 0. The molecule has 0 saturated carbocycles. The van der Waals surface area contributed by atoms with Gasteiger partial charge in [-0.2, -0.15) is 13.8 Å². The van der Waals surface area contributed by atoms with E-state index in [1.54, 1.807) is 0 Å². The Kier molecular flexibility index (Phi) is 12.2. The molecular formula is C13H19N2O4W-. The molecule has 1 rings (SSSR count). The number of aliphatic hydroxyl groups excluding tert-OH is 1. The first-order chi connectivity index (χ1) is 8.92. The van der Waals surface area contributed by atoms with Crippen LogP contribution in [0.3, 0.4) is 0 Å². The number of carbonyl (C=O) groups is 1. The number of rotatable bonds is 4. The molecule has 0 bridgehead atoms. The second kappa shape index (κ2) is 11.6. The van der Waals surface area contributed by atoms with Gasteiger partial charge in [0.1, 0.15) is 0 Å². The second-order valence-electron chi connectivity index (χ2n) is 3.88.